The number of carbonyl (C=O) groups excluding carboxylic acids is 1. The number of hydrogen-bond acceptors (Lipinski definition) is 6. The maximum absolute atomic E-state index is 12.4. The van der Waals surface area contributed by atoms with E-state index < -0.39 is 0 Å². The molecule has 0 aliphatic rings. The number of methoxy groups -OCH3 is 2. The Morgan fingerprint density at radius 1 is 0.885 bits per heavy atom. The third kappa shape index (κ3) is 4.07. The van der Waals surface area contributed by atoms with Gasteiger partial charge in [-0.15, -0.1) is 10.2 Å². The summed E-state index contributed by atoms with van der Waals surface area (Å²) in [4.78, 5) is 12.4. The fourth-order valence-corrected chi connectivity index (χ4v) is 2.33. The Bertz CT molecular complexity index is 897. The SMILES string of the molecule is COc1cccc(Nc2ccc(NC(=O)c3ccccc3OC)nn2)c1. The van der Waals surface area contributed by atoms with Crippen LogP contribution in [0.3, 0.4) is 0 Å². The molecule has 0 aliphatic heterocycles. The van der Waals surface area contributed by atoms with Crippen molar-refractivity contribution in [1.29, 1.82) is 0 Å². The molecule has 0 aliphatic carbocycles. The lowest BCUT2D eigenvalue weighted by molar-refractivity contribution is 0.102. The lowest BCUT2D eigenvalue weighted by Crippen LogP contribution is -2.14. The second-order valence-corrected chi connectivity index (χ2v) is 5.32. The van der Waals surface area contributed by atoms with Gasteiger partial charge in [0.1, 0.15) is 11.5 Å². The molecule has 1 heterocycles. The van der Waals surface area contributed by atoms with E-state index in [0.717, 1.165) is 11.4 Å². The van der Waals surface area contributed by atoms with Crippen molar-refractivity contribution < 1.29 is 14.3 Å². The minimum Gasteiger partial charge on any atom is -0.497 e. The molecule has 1 aromatic heterocycles. The van der Waals surface area contributed by atoms with Crippen molar-refractivity contribution in [1.82, 2.24) is 10.2 Å². The van der Waals surface area contributed by atoms with Gasteiger partial charge in [-0.25, -0.2) is 0 Å². The molecule has 0 fully saturated rings. The highest BCUT2D eigenvalue weighted by Gasteiger charge is 2.12. The van der Waals surface area contributed by atoms with Gasteiger partial charge in [0.25, 0.3) is 5.91 Å². The topological polar surface area (TPSA) is 85.4 Å². The van der Waals surface area contributed by atoms with Gasteiger partial charge in [-0.1, -0.05) is 18.2 Å². The molecule has 0 saturated carbocycles. The van der Waals surface area contributed by atoms with Crippen molar-refractivity contribution in [3.05, 3.63) is 66.2 Å². The summed E-state index contributed by atoms with van der Waals surface area (Å²) in [5.41, 5.74) is 1.25. The summed E-state index contributed by atoms with van der Waals surface area (Å²) in [6, 6.07) is 17.8. The number of amides is 1. The van der Waals surface area contributed by atoms with Crippen LogP contribution in [-0.2, 0) is 0 Å². The fraction of sp³-hybridized carbons (Fsp3) is 0.105. The number of hydrogen-bond donors (Lipinski definition) is 2. The van der Waals surface area contributed by atoms with Crippen LogP contribution in [0.2, 0.25) is 0 Å². The van der Waals surface area contributed by atoms with Crippen molar-refractivity contribution in [2.75, 3.05) is 24.9 Å². The third-order valence-electron chi connectivity index (χ3n) is 3.60. The van der Waals surface area contributed by atoms with Gasteiger partial charge in [-0.3, -0.25) is 4.79 Å². The zero-order valence-corrected chi connectivity index (χ0v) is 14.4. The van der Waals surface area contributed by atoms with E-state index >= 15 is 0 Å². The van der Waals surface area contributed by atoms with E-state index in [1.54, 1.807) is 43.5 Å². The second kappa shape index (κ2) is 7.98. The quantitative estimate of drug-likeness (QED) is 0.708. The molecule has 1 amide bonds. The fourth-order valence-electron chi connectivity index (χ4n) is 2.33. The number of aromatic nitrogens is 2. The van der Waals surface area contributed by atoms with E-state index in [0.29, 0.717) is 22.9 Å². The maximum Gasteiger partial charge on any atom is 0.260 e. The Morgan fingerprint density at radius 2 is 1.65 bits per heavy atom. The summed E-state index contributed by atoms with van der Waals surface area (Å²) in [5.74, 6) is 1.81. The van der Waals surface area contributed by atoms with E-state index in [2.05, 4.69) is 20.8 Å². The van der Waals surface area contributed by atoms with Crippen LogP contribution in [0, 0.1) is 0 Å². The first-order valence-electron chi connectivity index (χ1n) is 7.89. The molecule has 0 saturated heterocycles. The van der Waals surface area contributed by atoms with Crippen molar-refractivity contribution in [3.8, 4) is 11.5 Å². The van der Waals surface area contributed by atoms with Crippen LogP contribution in [0.1, 0.15) is 10.4 Å². The zero-order valence-electron chi connectivity index (χ0n) is 14.4. The number of nitrogens with zero attached hydrogens (tertiary/aromatic N) is 2. The van der Waals surface area contributed by atoms with Gasteiger partial charge in [-0.05, 0) is 36.4 Å². The third-order valence-corrected chi connectivity index (χ3v) is 3.60. The highest BCUT2D eigenvalue weighted by atomic mass is 16.5. The molecule has 26 heavy (non-hydrogen) atoms. The van der Waals surface area contributed by atoms with Crippen molar-refractivity contribution in [2.24, 2.45) is 0 Å². The minimum absolute atomic E-state index is 0.315. The molecule has 132 valence electrons. The van der Waals surface area contributed by atoms with Crippen LogP contribution in [-0.4, -0.2) is 30.3 Å². The number of benzene rings is 2. The molecule has 3 aromatic rings. The van der Waals surface area contributed by atoms with Gasteiger partial charge in [-0.2, -0.15) is 0 Å². The van der Waals surface area contributed by atoms with Crippen molar-refractivity contribution in [3.63, 3.8) is 0 Å². The smallest absolute Gasteiger partial charge is 0.260 e. The molecule has 7 nitrogen and oxygen atoms in total. The lowest BCUT2D eigenvalue weighted by Gasteiger charge is -2.09. The highest BCUT2D eigenvalue weighted by molar-refractivity contribution is 6.05. The maximum atomic E-state index is 12.4. The van der Waals surface area contributed by atoms with Crippen LogP contribution >= 0.6 is 0 Å². The van der Waals surface area contributed by atoms with Gasteiger partial charge in [0, 0.05) is 11.8 Å². The van der Waals surface area contributed by atoms with E-state index in [4.69, 9.17) is 9.47 Å². The zero-order chi connectivity index (χ0) is 18.4. The first-order valence-corrected chi connectivity index (χ1v) is 7.89. The summed E-state index contributed by atoms with van der Waals surface area (Å²) in [7, 11) is 3.13. The number of carbonyl (C=O) groups is 1. The Balaban J connectivity index is 1.68. The van der Waals surface area contributed by atoms with Crippen LogP contribution in [0.5, 0.6) is 11.5 Å². The molecular weight excluding hydrogens is 332 g/mol. The predicted molar refractivity (Wildman–Crippen MR) is 99.3 cm³/mol. The summed E-state index contributed by atoms with van der Waals surface area (Å²) in [5, 5.41) is 13.9. The molecule has 0 atom stereocenters. The number of nitrogens with one attached hydrogen (secondary N) is 2. The number of anilines is 3. The average molecular weight is 350 g/mol. The molecular formula is C19H18N4O3. The van der Waals surface area contributed by atoms with Crippen molar-refractivity contribution in [2.45, 2.75) is 0 Å². The Labute approximate surface area is 151 Å². The first kappa shape index (κ1) is 17.2. The molecule has 7 heteroatoms. The van der Waals surface area contributed by atoms with Crippen molar-refractivity contribution >= 4 is 23.2 Å². The number of para-hydroxylation sites is 1. The van der Waals surface area contributed by atoms with Crippen LogP contribution < -0.4 is 20.1 Å². The lowest BCUT2D eigenvalue weighted by atomic mass is 10.2. The van der Waals surface area contributed by atoms with Crippen LogP contribution in [0.15, 0.2) is 60.7 Å². The molecule has 2 aromatic carbocycles. The number of ether oxygens (including phenoxy) is 2. The second-order valence-electron chi connectivity index (χ2n) is 5.32. The van der Waals surface area contributed by atoms with Gasteiger partial charge in [0.2, 0.25) is 0 Å². The standard InChI is InChI=1S/C19H18N4O3/c1-25-14-7-5-6-13(12-14)20-17-10-11-18(23-22-17)21-19(24)15-8-3-4-9-16(15)26-2/h3-12H,1-2H3,(H,20,22)(H,21,23,24). The Hall–Kier alpha value is -3.61. The summed E-state index contributed by atoms with van der Waals surface area (Å²) in [6.07, 6.45) is 0. The van der Waals surface area contributed by atoms with Gasteiger partial charge in [0.05, 0.1) is 19.8 Å². The molecule has 0 bridgehead atoms. The molecule has 0 radical (unpaired) electrons. The molecule has 0 spiro atoms. The minimum atomic E-state index is -0.315. The highest BCUT2D eigenvalue weighted by Crippen LogP contribution is 2.21. The Morgan fingerprint density at radius 3 is 2.38 bits per heavy atom. The summed E-state index contributed by atoms with van der Waals surface area (Å²) < 4.78 is 10.4. The molecule has 0 unspecified atom stereocenters. The normalized spacial score (nSPS) is 10.1. The average Bonchev–Trinajstić information content (AvgIpc) is 2.69. The van der Waals surface area contributed by atoms with Gasteiger partial charge in [0.15, 0.2) is 11.6 Å². The molecule has 2 N–H and O–H groups in total. The van der Waals surface area contributed by atoms with E-state index in [1.165, 1.54) is 7.11 Å². The van der Waals surface area contributed by atoms with E-state index in [-0.39, 0.29) is 5.91 Å². The van der Waals surface area contributed by atoms with E-state index in [9.17, 15) is 4.79 Å². The monoisotopic (exact) mass is 350 g/mol. The summed E-state index contributed by atoms with van der Waals surface area (Å²) >= 11 is 0. The predicted octanol–water partition coefficient (Wildman–Crippen LogP) is 3.49. The Kier molecular flexibility index (Phi) is 5.28. The largest absolute Gasteiger partial charge is 0.497 e. The van der Waals surface area contributed by atoms with E-state index in [1.807, 2.05) is 24.3 Å². The summed E-state index contributed by atoms with van der Waals surface area (Å²) in [6.45, 7) is 0. The molecule has 3 rings (SSSR count). The van der Waals surface area contributed by atoms with Gasteiger partial charge >= 0.3 is 0 Å². The number of rotatable bonds is 6. The first-order chi connectivity index (χ1) is 12.7. The van der Waals surface area contributed by atoms with Gasteiger partial charge < -0.3 is 20.1 Å². The van der Waals surface area contributed by atoms with Crippen LogP contribution in [0.4, 0.5) is 17.3 Å². The van der Waals surface area contributed by atoms with Crippen LogP contribution in [0.25, 0.3) is 0 Å².